The Balaban J connectivity index is 1.52. The second-order valence-electron chi connectivity index (χ2n) is 8.33. The van der Waals surface area contributed by atoms with Crippen LogP contribution in [0.1, 0.15) is 60.2 Å². The minimum atomic E-state index is -0.395. The van der Waals surface area contributed by atoms with E-state index in [4.69, 9.17) is 4.74 Å². The Morgan fingerprint density at radius 3 is 2.15 bits per heavy atom. The first-order valence-electron chi connectivity index (χ1n) is 11.7. The zero-order valence-electron chi connectivity index (χ0n) is 19.6. The molecule has 0 radical (unpaired) electrons. The van der Waals surface area contributed by atoms with Gasteiger partial charge in [-0.3, -0.25) is 14.4 Å². The Labute approximate surface area is 199 Å². The second-order valence-corrected chi connectivity index (χ2v) is 8.33. The Hall–Kier alpha value is -3.68. The van der Waals surface area contributed by atoms with Crippen molar-refractivity contribution in [2.45, 2.75) is 39.5 Å². The minimum absolute atomic E-state index is 0.0199. The molecule has 8 nitrogen and oxygen atoms in total. The normalized spacial score (nSPS) is 15.2. The molecule has 1 aliphatic heterocycles. The Kier molecular flexibility index (Phi) is 8.79. The van der Waals surface area contributed by atoms with Crippen molar-refractivity contribution in [3.05, 3.63) is 59.7 Å². The summed E-state index contributed by atoms with van der Waals surface area (Å²) in [7, 11) is 0. The summed E-state index contributed by atoms with van der Waals surface area (Å²) in [5, 5.41) is 5.61. The maximum absolute atomic E-state index is 12.6. The quantitative estimate of drug-likeness (QED) is 0.514. The molecular formula is C26H31N3O5. The number of nitrogens with one attached hydrogen (secondary N) is 2. The van der Waals surface area contributed by atoms with E-state index in [1.54, 1.807) is 53.4 Å². The molecule has 1 aliphatic rings. The van der Waals surface area contributed by atoms with Gasteiger partial charge in [-0.15, -0.1) is 0 Å². The number of amides is 3. The molecule has 1 heterocycles. The van der Waals surface area contributed by atoms with E-state index in [9.17, 15) is 19.2 Å². The lowest BCUT2D eigenvalue weighted by atomic mass is 10.1. The van der Waals surface area contributed by atoms with Crippen molar-refractivity contribution >= 4 is 35.1 Å². The summed E-state index contributed by atoms with van der Waals surface area (Å²) in [6.07, 6.45) is 2.91. The Morgan fingerprint density at radius 2 is 1.53 bits per heavy atom. The van der Waals surface area contributed by atoms with Gasteiger partial charge in [0, 0.05) is 36.4 Å². The van der Waals surface area contributed by atoms with Gasteiger partial charge in [-0.1, -0.05) is 20.3 Å². The smallest absolute Gasteiger partial charge is 0.338 e. The van der Waals surface area contributed by atoms with Crippen LogP contribution in [0.5, 0.6) is 0 Å². The number of likely N-dealkylation sites (tertiary alicyclic amines) is 1. The van der Waals surface area contributed by atoms with Crippen molar-refractivity contribution in [3.63, 3.8) is 0 Å². The molecule has 2 N–H and O–H groups in total. The summed E-state index contributed by atoms with van der Waals surface area (Å²) >= 11 is 0. The molecule has 0 spiro atoms. The van der Waals surface area contributed by atoms with Gasteiger partial charge in [-0.05, 0) is 61.4 Å². The van der Waals surface area contributed by atoms with Gasteiger partial charge in [0.15, 0.2) is 0 Å². The van der Waals surface area contributed by atoms with E-state index < -0.39 is 5.97 Å². The maximum atomic E-state index is 12.6. The number of benzene rings is 2. The van der Waals surface area contributed by atoms with Gasteiger partial charge in [-0.2, -0.15) is 0 Å². The summed E-state index contributed by atoms with van der Waals surface area (Å²) < 4.78 is 5.09. The number of carbonyl (C=O) groups is 4. The van der Waals surface area contributed by atoms with Crippen molar-refractivity contribution in [1.82, 2.24) is 4.90 Å². The van der Waals surface area contributed by atoms with E-state index in [0.717, 1.165) is 19.3 Å². The zero-order chi connectivity index (χ0) is 24.5. The molecule has 3 amide bonds. The van der Waals surface area contributed by atoms with Crippen LogP contribution in [-0.2, 0) is 14.3 Å². The number of anilines is 2. The third-order valence-corrected chi connectivity index (χ3v) is 5.60. The third-order valence-electron chi connectivity index (χ3n) is 5.60. The summed E-state index contributed by atoms with van der Waals surface area (Å²) in [4.78, 5) is 50.8. The molecule has 1 saturated heterocycles. The first kappa shape index (κ1) is 25.0. The summed E-state index contributed by atoms with van der Waals surface area (Å²) in [6, 6.07) is 13.0. The molecular weight excluding hydrogens is 434 g/mol. The first-order chi connectivity index (χ1) is 16.4. The van der Waals surface area contributed by atoms with E-state index in [2.05, 4.69) is 17.6 Å². The van der Waals surface area contributed by atoms with Crippen molar-refractivity contribution in [3.8, 4) is 0 Å². The molecule has 8 heteroatoms. The molecule has 34 heavy (non-hydrogen) atoms. The molecule has 1 atom stereocenters. The monoisotopic (exact) mass is 465 g/mol. The molecule has 0 unspecified atom stereocenters. The van der Waals surface area contributed by atoms with Crippen LogP contribution in [0.2, 0.25) is 0 Å². The highest BCUT2D eigenvalue weighted by Gasteiger charge is 2.33. The number of hydrogen-bond acceptors (Lipinski definition) is 5. The SMILES string of the molecule is CCCCN1C[C@@H](C(=O)Nc2ccc(C(=O)Nc3ccc(C(=O)OCCC)cc3)cc2)CC1=O. The first-order valence-corrected chi connectivity index (χ1v) is 11.7. The van der Waals surface area contributed by atoms with E-state index in [-0.39, 0.29) is 30.1 Å². The van der Waals surface area contributed by atoms with Crippen LogP contribution in [0, 0.1) is 5.92 Å². The van der Waals surface area contributed by atoms with Crippen molar-refractivity contribution in [2.24, 2.45) is 5.92 Å². The lowest BCUT2D eigenvalue weighted by Gasteiger charge is -2.16. The largest absolute Gasteiger partial charge is 0.462 e. The van der Waals surface area contributed by atoms with Crippen LogP contribution in [-0.4, -0.2) is 48.3 Å². The highest BCUT2D eigenvalue weighted by Crippen LogP contribution is 2.21. The number of nitrogens with zero attached hydrogens (tertiary/aromatic N) is 1. The van der Waals surface area contributed by atoms with Crippen LogP contribution in [0.15, 0.2) is 48.5 Å². The van der Waals surface area contributed by atoms with Crippen LogP contribution in [0.25, 0.3) is 0 Å². The number of rotatable bonds is 10. The van der Waals surface area contributed by atoms with Gasteiger partial charge in [-0.25, -0.2) is 4.79 Å². The lowest BCUT2D eigenvalue weighted by Crippen LogP contribution is -2.29. The molecule has 0 aromatic heterocycles. The van der Waals surface area contributed by atoms with Crippen LogP contribution < -0.4 is 10.6 Å². The van der Waals surface area contributed by atoms with Crippen molar-refractivity contribution < 1.29 is 23.9 Å². The highest BCUT2D eigenvalue weighted by atomic mass is 16.5. The molecule has 0 bridgehead atoms. The van der Waals surface area contributed by atoms with Crippen molar-refractivity contribution in [2.75, 3.05) is 30.3 Å². The number of esters is 1. The standard InChI is InChI=1S/C26H31N3O5/c1-3-5-14-29-17-20(16-23(29)30)25(32)28-21-10-6-18(7-11-21)24(31)27-22-12-8-19(9-13-22)26(33)34-15-4-2/h6-13,20H,3-5,14-17H2,1-2H3,(H,27,31)(H,28,32)/t20-/m0/s1. The fourth-order valence-corrected chi connectivity index (χ4v) is 3.63. The molecule has 180 valence electrons. The molecule has 3 rings (SSSR count). The van der Waals surface area contributed by atoms with Crippen LogP contribution in [0.4, 0.5) is 11.4 Å². The molecule has 0 saturated carbocycles. The van der Waals surface area contributed by atoms with Crippen molar-refractivity contribution in [1.29, 1.82) is 0 Å². The highest BCUT2D eigenvalue weighted by molar-refractivity contribution is 6.05. The maximum Gasteiger partial charge on any atom is 0.338 e. The van der Waals surface area contributed by atoms with Gasteiger partial charge < -0.3 is 20.3 Å². The number of ether oxygens (including phenoxy) is 1. The molecule has 2 aromatic rings. The Bertz CT molecular complexity index is 1020. The van der Waals surface area contributed by atoms with Gasteiger partial charge in [0.05, 0.1) is 18.1 Å². The fourth-order valence-electron chi connectivity index (χ4n) is 3.63. The molecule has 1 fully saturated rings. The van der Waals surface area contributed by atoms with E-state index in [1.165, 1.54) is 0 Å². The summed E-state index contributed by atoms with van der Waals surface area (Å²) in [5.74, 6) is -1.25. The number of unbranched alkanes of at least 4 members (excludes halogenated alkanes) is 1. The third kappa shape index (κ3) is 6.66. The lowest BCUT2D eigenvalue weighted by molar-refractivity contribution is -0.128. The zero-order valence-corrected chi connectivity index (χ0v) is 19.6. The van der Waals surface area contributed by atoms with Gasteiger partial charge in [0.2, 0.25) is 11.8 Å². The molecule has 2 aromatic carbocycles. The van der Waals surface area contributed by atoms with E-state index in [1.807, 2.05) is 6.92 Å². The fraction of sp³-hybridized carbons (Fsp3) is 0.385. The van der Waals surface area contributed by atoms with Gasteiger partial charge >= 0.3 is 5.97 Å². The number of hydrogen-bond donors (Lipinski definition) is 2. The summed E-state index contributed by atoms with van der Waals surface area (Å²) in [6.45, 7) is 5.49. The minimum Gasteiger partial charge on any atom is -0.462 e. The average Bonchev–Trinajstić information content (AvgIpc) is 3.22. The van der Waals surface area contributed by atoms with Crippen LogP contribution >= 0.6 is 0 Å². The van der Waals surface area contributed by atoms with Crippen LogP contribution in [0.3, 0.4) is 0 Å². The summed E-state index contributed by atoms with van der Waals surface area (Å²) in [5.41, 5.74) is 1.96. The average molecular weight is 466 g/mol. The van der Waals surface area contributed by atoms with Gasteiger partial charge in [0.1, 0.15) is 0 Å². The molecule has 0 aliphatic carbocycles. The van der Waals surface area contributed by atoms with E-state index >= 15 is 0 Å². The predicted molar refractivity (Wildman–Crippen MR) is 130 cm³/mol. The second kappa shape index (κ2) is 12.0. The Morgan fingerprint density at radius 1 is 0.912 bits per heavy atom. The topological polar surface area (TPSA) is 105 Å². The van der Waals surface area contributed by atoms with E-state index in [0.29, 0.717) is 42.2 Å². The number of carbonyl (C=O) groups excluding carboxylic acids is 4. The van der Waals surface area contributed by atoms with Gasteiger partial charge in [0.25, 0.3) is 5.91 Å². The predicted octanol–water partition coefficient (Wildman–Crippen LogP) is 4.09.